The van der Waals surface area contributed by atoms with E-state index in [-0.39, 0.29) is 12.5 Å². The standard InChI is InChI=1S/C14H20BrNO3/c1-9(2)6-11(17)8-16-14(18)12-5-4-10(15)7-13(12)19-3/h4-5,7,9,11,17H,6,8H2,1-3H3,(H,16,18). The number of benzene rings is 1. The molecule has 2 N–H and O–H groups in total. The quantitative estimate of drug-likeness (QED) is 0.843. The number of amides is 1. The zero-order chi connectivity index (χ0) is 14.4. The van der Waals surface area contributed by atoms with Crippen LogP contribution in [0.1, 0.15) is 30.6 Å². The van der Waals surface area contributed by atoms with Crippen molar-refractivity contribution >= 4 is 21.8 Å². The van der Waals surface area contributed by atoms with Gasteiger partial charge in [0.05, 0.1) is 18.8 Å². The third-order valence-corrected chi connectivity index (χ3v) is 3.14. The van der Waals surface area contributed by atoms with Crippen molar-refractivity contribution in [3.05, 3.63) is 28.2 Å². The highest BCUT2D eigenvalue weighted by Crippen LogP contribution is 2.23. The minimum Gasteiger partial charge on any atom is -0.496 e. The van der Waals surface area contributed by atoms with Gasteiger partial charge >= 0.3 is 0 Å². The molecule has 0 saturated heterocycles. The van der Waals surface area contributed by atoms with Gasteiger partial charge < -0.3 is 15.2 Å². The van der Waals surface area contributed by atoms with Crippen molar-refractivity contribution in [1.29, 1.82) is 0 Å². The van der Waals surface area contributed by atoms with Gasteiger partial charge in [0, 0.05) is 11.0 Å². The van der Waals surface area contributed by atoms with Crippen LogP contribution in [-0.4, -0.2) is 30.8 Å². The summed E-state index contributed by atoms with van der Waals surface area (Å²) in [6.07, 6.45) is 0.142. The molecule has 0 aromatic heterocycles. The van der Waals surface area contributed by atoms with E-state index < -0.39 is 6.10 Å². The molecule has 1 unspecified atom stereocenters. The number of carbonyl (C=O) groups is 1. The molecule has 1 amide bonds. The van der Waals surface area contributed by atoms with E-state index in [2.05, 4.69) is 21.2 Å². The van der Waals surface area contributed by atoms with Crippen LogP contribution in [0.2, 0.25) is 0 Å². The lowest BCUT2D eigenvalue weighted by Gasteiger charge is -2.15. The Kier molecular flexibility index (Phi) is 6.31. The summed E-state index contributed by atoms with van der Waals surface area (Å²) >= 11 is 3.32. The van der Waals surface area contributed by atoms with Gasteiger partial charge in [-0.25, -0.2) is 0 Å². The predicted molar refractivity (Wildman–Crippen MR) is 78.5 cm³/mol. The maximum absolute atomic E-state index is 12.0. The topological polar surface area (TPSA) is 58.6 Å². The lowest BCUT2D eigenvalue weighted by atomic mass is 10.1. The maximum atomic E-state index is 12.0. The van der Waals surface area contributed by atoms with Crippen molar-refractivity contribution < 1.29 is 14.6 Å². The number of aliphatic hydroxyl groups is 1. The maximum Gasteiger partial charge on any atom is 0.255 e. The van der Waals surface area contributed by atoms with Crippen molar-refractivity contribution in [3.63, 3.8) is 0 Å². The first kappa shape index (κ1) is 16.0. The average Bonchev–Trinajstić information content (AvgIpc) is 2.34. The first-order valence-corrected chi connectivity index (χ1v) is 7.03. The van der Waals surface area contributed by atoms with E-state index in [1.165, 1.54) is 7.11 Å². The van der Waals surface area contributed by atoms with Crippen LogP contribution in [0, 0.1) is 5.92 Å². The Morgan fingerprint density at radius 1 is 1.47 bits per heavy atom. The highest BCUT2D eigenvalue weighted by atomic mass is 79.9. The Bertz CT molecular complexity index is 435. The number of ether oxygens (including phenoxy) is 1. The van der Waals surface area contributed by atoms with Crippen molar-refractivity contribution in [2.24, 2.45) is 5.92 Å². The molecule has 1 atom stereocenters. The summed E-state index contributed by atoms with van der Waals surface area (Å²) in [6, 6.07) is 5.20. The number of nitrogens with one attached hydrogen (secondary N) is 1. The summed E-state index contributed by atoms with van der Waals surface area (Å²) < 4.78 is 6.01. The van der Waals surface area contributed by atoms with Gasteiger partial charge in [0.1, 0.15) is 5.75 Å². The van der Waals surface area contributed by atoms with Crippen LogP contribution < -0.4 is 10.1 Å². The fourth-order valence-electron chi connectivity index (χ4n) is 1.79. The molecule has 0 aliphatic heterocycles. The van der Waals surface area contributed by atoms with Gasteiger partial charge in [0.2, 0.25) is 0 Å². The Morgan fingerprint density at radius 2 is 2.16 bits per heavy atom. The van der Waals surface area contributed by atoms with E-state index >= 15 is 0 Å². The highest BCUT2D eigenvalue weighted by molar-refractivity contribution is 9.10. The van der Waals surface area contributed by atoms with Gasteiger partial charge in [-0.1, -0.05) is 29.8 Å². The Hall–Kier alpha value is -1.07. The molecule has 106 valence electrons. The molecule has 5 heteroatoms. The lowest BCUT2D eigenvalue weighted by molar-refractivity contribution is 0.0897. The summed E-state index contributed by atoms with van der Waals surface area (Å²) in [7, 11) is 1.52. The average molecular weight is 330 g/mol. The highest BCUT2D eigenvalue weighted by Gasteiger charge is 2.14. The molecule has 4 nitrogen and oxygen atoms in total. The molecule has 0 spiro atoms. The number of methoxy groups -OCH3 is 1. The van der Waals surface area contributed by atoms with Gasteiger partial charge in [-0.05, 0) is 30.5 Å². The van der Waals surface area contributed by atoms with Gasteiger partial charge in [-0.2, -0.15) is 0 Å². The Balaban J connectivity index is 2.63. The number of hydrogen-bond donors (Lipinski definition) is 2. The van der Waals surface area contributed by atoms with Crippen molar-refractivity contribution in [2.45, 2.75) is 26.4 Å². The molecule has 0 aliphatic carbocycles. The predicted octanol–water partition coefficient (Wildman–Crippen LogP) is 2.59. The van der Waals surface area contributed by atoms with Crippen LogP contribution in [0.4, 0.5) is 0 Å². The number of halogens is 1. The number of rotatable bonds is 6. The second-order valence-electron chi connectivity index (χ2n) is 4.84. The number of aliphatic hydroxyl groups excluding tert-OH is 1. The van der Waals surface area contributed by atoms with E-state index in [0.29, 0.717) is 23.7 Å². The van der Waals surface area contributed by atoms with Crippen LogP contribution in [0.5, 0.6) is 5.75 Å². The summed E-state index contributed by atoms with van der Waals surface area (Å²) in [4.78, 5) is 12.0. The molecule has 1 rings (SSSR count). The lowest BCUT2D eigenvalue weighted by Crippen LogP contribution is -2.33. The normalized spacial score (nSPS) is 12.3. The van der Waals surface area contributed by atoms with E-state index in [1.54, 1.807) is 18.2 Å². The van der Waals surface area contributed by atoms with Gasteiger partial charge in [-0.3, -0.25) is 4.79 Å². The number of hydrogen-bond acceptors (Lipinski definition) is 3. The number of carbonyl (C=O) groups excluding carboxylic acids is 1. The minimum absolute atomic E-state index is 0.243. The molecular weight excluding hydrogens is 310 g/mol. The minimum atomic E-state index is -0.523. The van der Waals surface area contributed by atoms with Crippen LogP contribution in [0.25, 0.3) is 0 Å². The summed E-state index contributed by atoms with van der Waals surface area (Å²) in [5, 5.41) is 12.4. The molecule has 19 heavy (non-hydrogen) atoms. The summed E-state index contributed by atoms with van der Waals surface area (Å²) in [6.45, 7) is 4.31. The molecular formula is C14H20BrNO3. The molecule has 0 fully saturated rings. The van der Waals surface area contributed by atoms with E-state index in [0.717, 1.165) is 4.47 Å². The first-order chi connectivity index (χ1) is 8.93. The largest absolute Gasteiger partial charge is 0.496 e. The van der Waals surface area contributed by atoms with Crippen LogP contribution in [-0.2, 0) is 0 Å². The van der Waals surface area contributed by atoms with E-state index in [4.69, 9.17) is 4.74 Å². The van der Waals surface area contributed by atoms with Gasteiger partial charge in [0.15, 0.2) is 0 Å². The molecule has 1 aromatic carbocycles. The van der Waals surface area contributed by atoms with Crippen molar-refractivity contribution in [3.8, 4) is 5.75 Å². The SMILES string of the molecule is COc1cc(Br)ccc1C(=O)NCC(O)CC(C)C. The van der Waals surface area contributed by atoms with Crippen molar-refractivity contribution in [2.75, 3.05) is 13.7 Å². The second kappa shape index (κ2) is 7.50. The fourth-order valence-corrected chi connectivity index (χ4v) is 2.13. The molecule has 0 heterocycles. The summed E-state index contributed by atoms with van der Waals surface area (Å²) in [5.74, 6) is 0.659. The van der Waals surface area contributed by atoms with Gasteiger partial charge in [-0.15, -0.1) is 0 Å². The Labute approximate surface area is 122 Å². The second-order valence-corrected chi connectivity index (χ2v) is 5.75. The van der Waals surface area contributed by atoms with E-state index in [9.17, 15) is 9.90 Å². The first-order valence-electron chi connectivity index (χ1n) is 6.23. The third-order valence-electron chi connectivity index (χ3n) is 2.65. The molecule has 0 bridgehead atoms. The van der Waals surface area contributed by atoms with Gasteiger partial charge in [0.25, 0.3) is 5.91 Å². The molecule has 0 saturated carbocycles. The zero-order valence-corrected chi connectivity index (χ0v) is 13.0. The Morgan fingerprint density at radius 3 is 2.74 bits per heavy atom. The summed E-state index contributed by atoms with van der Waals surface area (Å²) in [5.41, 5.74) is 0.461. The third kappa shape index (κ3) is 5.20. The smallest absolute Gasteiger partial charge is 0.255 e. The van der Waals surface area contributed by atoms with Crippen LogP contribution in [0.15, 0.2) is 22.7 Å². The monoisotopic (exact) mass is 329 g/mol. The van der Waals surface area contributed by atoms with E-state index in [1.807, 2.05) is 13.8 Å². The molecule has 0 radical (unpaired) electrons. The molecule has 1 aromatic rings. The van der Waals surface area contributed by atoms with Crippen molar-refractivity contribution in [1.82, 2.24) is 5.32 Å². The fraction of sp³-hybridized carbons (Fsp3) is 0.500. The van der Waals surface area contributed by atoms with Crippen LogP contribution in [0.3, 0.4) is 0 Å². The molecule has 0 aliphatic rings. The zero-order valence-electron chi connectivity index (χ0n) is 11.4. The van der Waals surface area contributed by atoms with Crippen LogP contribution >= 0.6 is 15.9 Å².